The standard InChI is InChI=1S/C30H33N3O3Si/c1-20-22-12-9-17-35-25(22)14-13-23(20)27-24-15-16-33(19-21-10-7-6-8-11-21)28(24)30(34)32(2)29(27)26(18-31)36-37(3,4)5/h6-8,10-11,13-16,26H,9,12,17,19H2,1-5H3. The highest BCUT2D eigenvalue weighted by Gasteiger charge is 2.31. The number of aromatic nitrogens is 2. The number of rotatable bonds is 6. The summed E-state index contributed by atoms with van der Waals surface area (Å²) in [5, 5.41) is 11.1. The van der Waals surface area contributed by atoms with E-state index in [9.17, 15) is 10.1 Å². The molecule has 3 heterocycles. The van der Waals surface area contributed by atoms with Crippen LogP contribution >= 0.6 is 0 Å². The molecule has 0 aliphatic carbocycles. The second-order valence-corrected chi connectivity index (χ2v) is 15.2. The Labute approximate surface area is 218 Å². The lowest BCUT2D eigenvalue weighted by atomic mass is 9.89. The highest BCUT2D eigenvalue weighted by Crippen LogP contribution is 2.41. The van der Waals surface area contributed by atoms with Gasteiger partial charge in [0.15, 0.2) is 14.4 Å². The van der Waals surface area contributed by atoms with Crippen molar-refractivity contribution in [3.63, 3.8) is 0 Å². The number of pyridine rings is 1. The molecule has 4 aromatic rings. The van der Waals surface area contributed by atoms with Gasteiger partial charge in [-0.1, -0.05) is 36.4 Å². The van der Waals surface area contributed by atoms with Crippen molar-refractivity contribution in [2.75, 3.05) is 6.61 Å². The first-order valence-corrected chi connectivity index (χ1v) is 16.2. The van der Waals surface area contributed by atoms with Crippen LogP contribution in [0, 0.1) is 18.3 Å². The van der Waals surface area contributed by atoms with E-state index >= 15 is 0 Å². The molecule has 0 fully saturated rings. The van der Waals surface area contributed by atoms with E-state index in [1.807, 2.05) is 41.1 Å². The third-order valence-corrected chi connectivity index (χ3v) is 7.99. The van der Waals surface area contributed by atoms with Gasteiger partial charge in [0, 0.05) is 30.7 Å². The molecule has 0 saturated heterocycles. The Bertz CT molecular complexity index is 1570. The van der Waals surface area contributed by atoms with E-state index in [0.717, 1.165) is 52.8 Å². The van der Waals surface area contributed by atoms with E-state index in [1.165, 1.54) is 5.56 Å². The average Bonchev–Trinajstić information content (AvgIpc) is 3.29. The molecule has 2 aromatic heterocycles. The van der Waals surface area contributed by atoms with E-state index < -0.39 is 14.4 Å². The van der Waals surface area contributed by atoms with Crippen molar-refractivity contribution in [2.45, 2.75) is 52.1 Å². The van der Waals surface area contributed by atoms with Crippen LogP contribution < -0.4 is 10.3 Å². The van der Waals surface area contributed by atoms with Crippen LogP contribution in [0.1, 0.15) is 34.9 Å². The number of hydrogen-bond acceptors (Lipinski definition) is 4. The molecular weight excluding hydrogens is 478 g/mol. The second-order valence-electron chi connectivity index (χ2n) is 10.7. The molecule has 2 aromatic carbocycles. The Kier molecular flexibility index (Phi) is 6.57. The number of hydrogen-bond donors (Lipinski definition) is 0. The zero-order valence-corrected chi connectivity index (χ0v) is 23.2. The molecule has 1 atom stereocenters. The van der Waals surface area contributed by atoms with Gasteiger partial charge in [0.1, 0.15) is 11.3 Å². The summed E-state index contributed by atoms with van der Waals surface area (Å²) in [6.45, 7) is 9.61. The molecule has 0 bridgehead atoms. The van der Waals surface area contributed by atoms with Crippen molar-refractivity contribution in [3.8, 4) is 22.9 Å². The fourth-order valence-corrected chi connectivity index (χ4v) is 6.24. The molecule has 7 heteroatoms. The van der Waals surface area contributed by atoms with Gasteiger partial charge in [-0.2, -0.15) is 5.26 Å². The summed E-state index contributed by atoms with van der Waals surface area (Å²) >= 11 is 0. The van der Waals surface area contributed by atoms with Crippen LogP contribution in [0.5, 0.6) is 5.75 Å². The van der Waals surface area contributed by atoms with Crippen LogP contribution in [0.25, 0.3) is 22.0 Å². The SMILES string of the molecule is Cc1c(-c2c(C(C#N)O[Si](C)(C)C)n(C)c(=O)c3c2ccn3Cc2ccccc2)ccc2c1CCCO2. The smallest absolute Gasteiger partial charge is 0.275 e. The number of nitriles is 1. The van der Waals surface area contributed by atoms with Crippen LogP contribution in [-0.2, 0) is 24.4 Å². The largest absolute Gasteiger partial charge is 0.493 e. The van der Waals surface area contributed by atoms with Crippen molar-refractivity contribution in [2.24, 2.45) is 7.05 Å². The van der Waals surface area contributed by atoms with Gasteiger partial charge >= 0.3 is 0 Å². The number of nitrogens with zero attached hydrogens (tertiary/aromatic N) is 3. The fourth-order valence-electron chi connectivity index (χ4n) is 5.36. The molecule has 0 saturated carbocycles. The Morgan fingerprint density at radius 1 is 1.14 bits per heavy atom. The van der Waals surface area contributed by atoms with Gasteiger partial charge in [-0.15, -0.1) is 0 Å². The predicted molar refractivity (Wildman–Crippen MR) is 149 cm³/mol. The molecule has 0 radical (unpaired) electrons. The molecule has 190 valence electrons. The lowest BCUT2D eigenvalue weighted by Gasteiger charge is -2.27. The maximum absolute atomic E-state index is 13.9. The minimum Gasteiger partial charge on any atom is -0.493 e. The Hall–Kier alpha value is -3.60. The Balaban J connectivity index is 1.82. The van der Waals surface area contributed by atoms with Crippen LogP contribution in [-0.4, -0.2) is 24.1 Å². The van der Waals surface area contributed by atoms with Gasteiger partial charge < -0.3 is 18.3 Å². The maximum atomic E-state index is 13.9. The first-order valence-electron chi connectivity index (χ1n) is 12.8. The zero-order valence-electron chi connectivity index (χ0n) is 22.2. The van der Waals surface area contributed by atoms with Crippen LogP contribution in [0.15, 0.2) is 59.5 Å². The normalized spacial score (nSPS) is 14.2. The Morgan fingerprint density at radius 3 is 2.59 bits per heavy atom. The summed E-state index contributed by atoms with van der Waals surface area (Å²) in [4.78, 5) is 13.9. The number of benzene rings is 2. The molecule has 5 rings (SSSR count). The van der Waals surface area contributed by atoms with Crippen LogP contribution in [0.2, 0.25) is 19.6 Å². The number of ether oxygens (including phenoxy) is 1. The molecular formula is C30H33N3O3Si. The quantitative estimate of drug-likeness (QED) is 0.293. The van der Waals surface area contributed by atoms with E-state index in [4.69, 9.17) is 9.16 Å². The van der Waals surface area contributed by atoms with E-state index in [-0.39, 0.29) is 5.56 Å². The summed E-state index contributed by atoms with van der Waals surface area (Å²) in [5.74, 6) is 0.923. The third kappa shape index (κ3) is 4.63. The topological polar surface area (TPSA) is 69.2 Å². The van der Waals surface area contributed by atoms with E-state index in [0.29, 0.717) is 17.8 Å². The summed E-state index contributed by atoms with van der Waals surface area (Å²) in [5.41, 5.74) is 6.44. The highest BCUT2D eigenvalue weighted by atomic mass is 28.4. The molecule has 0 spiro atoms. The van der Waals surface area contributed by atoms with E-state index in [2.05, 4.69) is 50.8 Å². The maximum Gasteiger partial charge on any atom is 0.275 e. The van der Waals surface area contributed by atoms with Crippen molar-refractivity contribution >= 4 is 19.2 Å². The van der Waals surface area contributed by atoms with Gasteiger partial charge in [0.25, 0.3) is 5.56 Å². The number of fused-ring (bicyclic) bond motifs is 2. The van der Waals surface area contributed by atoms with Crippen molar-refractivity contribution < 1.29 is 9.16 Å². The zero-order chi connectivity index (χ0) is 26.3. The van der Waals surface area contributed by atoms with Gasteiger partial charge in [0.05, 0.1) is 18.4 Å². The average molecular weight is 512 g/mol. The van der Waals surface area contributed by atoms with E-state index in [1.54, 1.807) is 11.6 Å². The monoisotopic (exact) mass is 511 g/mol. The van der Waals surface area contributed by atoms with Crippen molar-refractivity contribution in [1.82, 2.24) is 9.13 Å². The summed E-state index contributed by atoms with van der Waals surface area (Å²) in [6, 6.07) is 18.6. The van der Waals surface area contributed by atoms with Gasteiger partial charge in [-0.05, 0) is 73.8 Å². The first-order chi connectivity index (χ1) is 17.7. The fraction of sp³-hybridized carbons (Fsp3) is 0.333. The molecule has 1 aliphatic heterocycles. The lowest BCUT2D eigenvalue weighted by Crippen LogP contribution is -2.32. The first kappa shape index (κ1) is 25.1. The molecule has 0 N–H and O–H groups in total. The summed E-state index contributed by atoms with van der Waals surface area (Å²) in [6.07, 6.45) is 3.04. The third-order valence-electron chi connectivity index (χ3n) is 7.04. The van der Waals surface area contributed by atoms with Crippen LogP contribution in [0.3, 0.4) is 0 Å². The van der Waals surface area contributed by atoms with Gasteiger partial charge in [-0.3, -0.25) is 4.79 Å². The van der Waals surface area contributed by atoms with Crippen LogP contribution in [0.4, 0.5) is 0 Å². The van der Waals surface area contributed by atoms with Gasteiger partial charge in [-0.25, -0.2) is 0 Å². The predicted octanol–water partition coefficient (Wildman–Crippen LogP) is 6.10. The molecule has 37 heavy (non-hydrogen) atoms. The molecule has 0 amide bonds. The molecule has 6 nitrogen and oxygen atoms in total. The van der Waals surface area contributed by atoms with Gasteiger partial charge in [0.2, 0.25) is 0 Å². The summed E-state index contributed by atoms with van der Waals surface area (Å²) < 4.78 is 15.9. The minimum atomic E-state index is -2.10. The molecule has 1 aliphatic rings. The summed E-state index contributed by atoms with van der Waals surface area (Å²) in [7, 11) is -0.342. The second kappa shape index (κ2) is 9.69. The minimum absolute atomic E-state index is 0.131. The van der Waals surface area contributed by atoms with Crippen molar-refractivity contribution in [1.29, 1.82) is 5.26 Å². The Morgan fingerprint density at radius 2 is 1.89 bits per heavy atom. The molecule has 1 unspecified atom stereocenters. The van der Waals surface area contributed by atoms with Crippen molar-refractivity contribution in [3.05, 3.63) is 87.5 Å². The lowest BCUT2D eigenvalue weighted by molar-refractivity contribution is 0.245. The highest BCUT2D eigenvalue weighted by molar-refractivity contribution is 6.69.